The molecule has 1 heterocycles. The van der Waals surface area contributed by atoms with Gasteiger partial charge in [-0.25, -0.2) is 4.79 Å². The fourth-order valence-electron chi connectivity index (χ4n) is 0.805. The molecule has 0 aliphatic heterocycles. The van der Waals surface area contributed by atoms with Crippen molar-refractivity contribution in [1.82, 2.24) is 4.57 Å². The Bertz CT molecular complexity index is 316. The lowest BCUT2D eigenvalue weighted by molar-refractivity contribution is 0.162. The van der Waals surface area contributed by atoms with Crippen LogP contribution >= 0.6 is 0 Å². The SMILES string of the molecule is CCC#CCOC(=O)n1cccc1. The molecule has 1 rings (SSSR count). The van der Waals surface area contributed by atoms with E-state index in [1.54, 1.807) is 24.5 Å². The normalized spacial score (nSPS) is 8.69. The minimum atomic E-state index is -0.393. The number of carbonyl (C=O) groups is 1. The highest BCUT2D eigenvalue weighted by molar-refractivity contribution is 5.70. The van der Waals surface area contributed by atoms with Crippen molar-refractivity contribution < 1.29 is 9.53 Å². The summed E-state index contributed by atoms with van der Waals surface area (Å²) in [7, 11) is 0. The van der Waals surface area contributed by atoms with Crippen molar-refractivity contribution >= 4 is 6.09 Å². The zero-order valence-corrected chi connectivity index (χ0v) is 7.49. The molecule has 0 aliphatic carbocycles. The predicted octanol–water partition coefficient (Wildman–Crippen LogP) is 1.89. The maximum Gasteiger partial charge on any atom is 0.418 e. The zero-order chi connectivity index (χ0) is 9.52. The molecule has 0 saturated carbocycles. The Labute approximate surface area is 77.3 Å². The molecule has 68 valence electrons. The Morgan fingerprint density at radius 1 is 1.38 bits per heavy atom. The van der Waals surface area contributed by atoms with Crippen molar-refractivity contribution in [3.63, 3.8) is 0 Å². The van der Waals surface area contributed by atoms with Crippen LogP contribution in [0.2, 0.25) is 0 Å². The quantitative estimate of drug-likeness (QED) is 0.613. The number of hydrogen-bond acceptors (Lipinski definition) is 2. The third-order valence-electron chi connectivity index (χ3n) is 1.38. The molecule has 0 aromatic carbocycles. The van der Waals surface area contributed by atoms with E-state index in [4.69, 9.17) is 4.74 Å². The smallest absolute Gasteiger partial charge is 0.418 e. The highest BCUT2D eigenvalue weighted by Gasteiger charge is 2.00. The predicted molar refractivity (Wildman–Crippen MR) is 49.2 cm³/mol. The van der Waals surface area contributed by atoms with Gasteiger partial charge in [0, 0.05) is 18.8 Å². The van der Waals surface area contributed by atoms with Crippen LogP contribution in [0.1, 0.15) is 13.3 Å². The lowest BCUT2D eigenvalue weighted by Crippen LogP contribution is -2.11. The molecule has 0 unspecified atom stereocenters. The molecule has 1 aromatic rings. The molecular formula is C10H11NO2. The Hall–Kier alpha value is -1.69. The molecule has 0 atom stereocenters. The Kier molecular flexibility index (Phi) is 3.65. The minimum Gasteiger partial charge on any atom is -0.436 e. The number of nitrogens with zero attached hydrogens (tertiary/aromatic N) is 1. The second kappa shape index (κ2) is 5.04. The van der Waals surface area contributed by atoms with E-state index in [-0.39, 0.29) is 6.61 Å². The van der Waals surface area contributed by atoms with Crippen LogP contribution in [0, 0.1) is 11.8 Å². The summed E-state index contributed by atoms with van der Waals surface area (Å²) < 4.78 is 6.21. The average Bonchev–Trinajstić information content (AvgIpc) is 2.65. The van der Waals surface area contributed by atoms with E-state index in [9.17, 15) is 4.79 Å². The fourth-order valence-corrected chi connectivity index (χ4v) is 0.805. The largest absolute Gasteiger partial charge is 0.436 e. The lowest BCUT2D eigenvalue weighted by Gasteiger charge is -1.99. The monoisotopic (exact) mass is 177 g/mol. The van der Waals surface area contributed by atoms with E-state index in [1.807, 2.05) is 6.92 Å². The van der Waals surface area contributed by atoms with Crippen LogP contribution in [0.25, 0.3) is 0 Å². The molecule has 0 aliphatic rings. The van der Waals surface area contributed by atoms with Crippen molar-refractivity contribution in [2.24, 2.45) is 0 Å². The van der Waals surface area contributed by atoms with Gasteiger partial charge < -0.3 is 4.74 Å². The maximum atomic E-state index is 11.1. The molecule has 0 spiro atoms. The molecule has 0 N–H and O–H groups in total. The summed E-state index contributed by atoms with van der Waals surface area (Å²) in [5, 5.41) is 0. The average molecular weight is 177 g/mol. The van der Waals surface area contributed by atoms with Crippen LogP contribution in [0.4, 0.5) is 4.79 Å². The first-order valence-electron chi connectivity index (χ1n) is 4.10. The zero-order valence-electron chi connectivity index (χ0n) is 7.49. The summed E-state index contributed by atoms with van der Waals surface area (Å²) in [5.41, 5.74) is 0. The summed E-state index contributed by atoms with van der Waals surface area (Å²) in [6, 6.07) is 3.53. The van der Waals surface area contributed by atoms with E-state index in [2.05, 4.69) is 11.8 Å². The van der Waals surface area contributed by atoms with Gasteiger partial charge in [0.15, 0.2) is 6.61 Å². The van der Waals surface area contributed by atoms with Crippen LogP contribution < -0.4 is 0 Å². The van der Waals surface area contributed by atoms with Gasteiger partial charge >= 0.3 is 6.09 Å². The van der Waals surface area contributed by atoms with Crippen molar-refractivity contribution in [3.8, 4) is 11.8 Å². The number of aromatic nitrogens is 1. The van der Waals surface area contributed by atoms with E-state index in [0.29, 0.717) is 0 Å². The molecule has 0 radical (unpaired) electrons. The van der Waals surface area contributed by atoms with Crippen molar-refractivity contribution in [3.05, 3.63) is 24.5 Å². The maximum absolute atomic E-state index is 11.1. The van der Waals surface area contributed by atoms with Gasteiger partial charge in [-0.15, -0.1) is 5.92 Å². The van der Waals surface area contributed by atoms with Gasteiger partial charge in [0.05, 0.1) is 0 Å². The first-order chi connectivity index (χ1) is 6.34. The summed E-state index contributed by atoms with van der Waals surface area (Å²) in [5.74, 6) is 5.53. The molecule has 0 bridgehead atoms. The van der Waals surface area contributed by atoms with E-state index >= 15 is 0 Å². The molecule has 13 heavy (non-hydrogen) atoms. The number of carbonyl (C=O) groups excluding carboxylic acids is 1. The Balaban J connectivity index is 2.35. The Morgan fingerprint density at radius 2 is 2.08 bits per heavy atom. The molecule has 0 fully saturated rings. The summed E-state index contributed by atoms with van der Waals surface area (Å²) in [4.78, 5) is 11.1. The number of hydrogen-bond donors (Lipinski definition) is 0. The van der Waals surface area contributed by atoms with Gasteiger partial charge in [0.2, 0.25) is 0 Å². The van der Waals surface area contributed by atoms with Gasteiger partial charge in [-0.05, 0) is 12.1 Å². The highest BCUT2D eigenvalue weighted by atomic mass is 16.5. The fraction of sp³-hybridized carbons (Fsp3) is 0.300. The van der Waals surface area contributed by atoms with E-state index in [1.165, 1.54) is 4.57 Å². The summed E-state index contributed by atoms with van der Waals surface area (Å²) in [6.07, 6.45) is 3.65. The van der Waals surface area contributed by atoms with Crippen LogP contribution in [-0.4, -0.2) is 17.3 Å². The van der Waals surface area contributed by atoms with Crippen LogP contribution in [0.5, 0.6) is 0 Å². The lowest BCUT2D eigenvalue weighted by atomic mass is 10.5. The number of rotatable bonds is 1. The van der Waals surface area contributed by atoms with Crippen LogP contribution in [0.3, 0.4) is 0 Å². The standard InChI is InChI=1S/C10H11NO2/c1-2-3-6-9-13-10(12)11-7-4-5-8-11/h4-5,7-8H,2,9H2,1H3. The third kappa shape index (κ3) is 3.04. The number of ether oxygens (including phenoxy) is 1. The van der Waals surface area contributed by atoms with Gasteiger partial charge in [-0.3, -0.25) is 4.57 Å². The third-order valence-corrected chi connectivity index (χ3v) is 1.38. The highest BCUT2D eigenvalue weighted by Crippen LogP contribution is 1.91. The molecule has 3 nitrogen and oxygen atoms in total. The molecule has 3 heteroatoms. The van der Waals surface area contributed by atoms with Crippen LogP contribution in [-0.2, 0) is 4.74 Å². The molecule has 0 saturated heterocycles. The topological polar surface area (TPSA) is 31.2 Å². The Morgan fingerprint density at radius 3 is 2.69 bits per heavy atom. The molecular weight excluding hydrogens is 166 g/mol. The van der Waals surface area contributed by atoms with Gasteiger partial charge in [-0.1, -0.05) is 12.8 Å². The minimum absolute atomic E-state index is 0.158. The first-order valence-corrected chi connectivity index (χ1v) is 4.10. The molecule has 0 amide bonds. The molecule has 1 aromatic heterocycles. The van der Waals surface area contributed by atoms with Crippen molar-refractivity contribution in [2.75, 3.05) is 6.61 Å². The van der Waals surface area contributed by atoms with Crippen molar-refractivity contribution in [1.29, 1.82) is 0 Å². The summed E-state index contributed by atoms with van der Waals surface area (Å²) in [6.45, 7) is 2.10. The second-order valence-corrected chi connectivity index (χ2v) is 2.35. The first kappa shape index (κ1) is 9.40. The van der Waals surface area contributed by atoms with E-state index < -0.39 is 6.09 Å². The summed E-state index contributed by atoms with van der Waals surface area (Å²) >= 11 is 0. The van der Waals surface area contributed by atoms with Gasteiger partial charge in [-0.2, -0.15) is 0 Å². The van der Waals surface area contributed by atoms with Gasteiger partial charge in [0.25, 0.3) is 0 Å². The van der Waals surface area contributed by atoms with Crippen molar-refractivity contribution in [2.45, 2.75) is 13.3 Å². The van der Waals surface area contributed by atoms with Crippen LogP contribution in [0.15, 0.2) is 24.5 Å². The van der Waals surface area contributed by atoms with Gasteiger partial charge in [0.1, 0.15) is 0 Å². The van der Waals surface area contributed by atoms with E-state index in [0.717, 1.165) is 6.42 Å². The second-order valence-electron chi connectivity index (χ2n) is 2.35.